The summed E-state index contributed by atoms with van der Waals surface area (Å²) < 4.78 is 1.67. The van der Waals surface area contributed by atoms with Gasteiger partial charge in [0.2, 0.25) is 0 Å². The van der Waals surface area contributed by atoms with Crippen molar-refractivity contribution in [3.05, 3.63) is 81.6 Å². The van der Waals surface area contributed by atoms with Gasteiger partial charge in [-0.25, -0.2) is 4.68 Å². The lowest BCUT2D eigenvalue weighted by Gasteiger charge is -2.13. The first-order valence-electron chi connectivity index (χ1n) is 8.57. The van der Waals surface area contributed by atoms with Crippen LogP contribution >= 0.6 is 23.2 Å². The van der Waals surface area contributed by atoms with Crippen LogP contribution in [-0.2, 0) is 0 Å². The number of nitrogens with zero attached hydrogens (tertiary/aromatic N) is 2. The summed E-state index contributed by atoms with van der Waals surface area (Å²) in [5.74, 6) is -0.980. The Balaban J connectivity index is 1.82. The predicted molar refractivity (Wildman–Crippen MR) is 109 cm³/mol. The zero-order valence-electron chi connectivity index (χ0n) is 15.2. The lowest BCUT2D eigenvalue weighted by atomic mass is 10.1. The first kappa shape index (κ1) is 19.9. The van der Waals surface area contributed by atoms with Crippen LogP contribution < -0.4 is 10.9 Å². The van der Waals surface area contributed by atoms with Gasteiger partial charge in [-0.2, -0.15) is 5.10 Å². The molecule has 144 valence electrons. The topological polar surface area (TPSA) is 76.0 Å². The maximum absolute atomic E-state index is 12.7. The Labute approximate surface area is 172 Å². The third-order valence-electron chi connectivity index (χ3n) is 4.06. The fourth-order valence-corrected chi connectivity index (χ4v) is 3.20. The molecule has 0 saturated carbocycles. The van der Waals surface area contributed by atoms with Crippen molar-refractivity contribution in [2.75, 3.05) is 0 Å². The molecule has 2 aromatic carbocycles. The molecule has 0 fully saturated rings. The second-order valence-corrected chi connectivity index (χ2v) is 7.22. The minimum absolute atomic E-state index is 0.00139. The first-order valence-corrected chi connectivity index (χ1v) is 9.33. The zero-order chi connectivity index (χ0) is 20.3. The summed E-state index contributed by atoms with van der Waals surface area (Å²) in [5.41, 5.74) is 6.87. The fraction of sp³-hybridized carbons (Fsp3) is 0.150. The third-order valence-corrected chi connectivity index (χ3v) is 4.62. The average Bonchev–Trinajstić information content (AvgIpc) is 3.12. The van der Waals surface area contributed by atoms with E-state index < -0.39 is 11.8 Å². The first-order chi connectivity index (χ1) is 13.4. The van der Waals surface area contributed by atoms with Crippen molar-refractivity contribution in [1.29, 1.82) is 0 Å². The van der Waals surface area contributed by atoms with Gasteiger partial charge in [-0.1, -0.05) is 55.2 Å². The summed E-state index contributed by atoms with van der Waals surface area (Å²) in [7, 11) is 0. The molecule has 0 atom stereocenters. The van der Waals surface area contributed by atoms with E-state index in [1.807, 2.05) is 26.0 Å². The van der Waals surface area contributed by atoms with Crippen molar-refractivity contribution in [3.8, 4) is 5.69 Å². The molecule has 3 rings (SSSR count). The molecule has 8 heteroatoms. The number of hydrogen-bond donors (Lipinski definition) is 2. The molecule has 2 amide bonds. The van der Waals surface area contributed by atoms with Crippen molar-refractivity contribution in [2.45, 2.75) is 19.8 Å². The van der Waals surface area contributed by atoms with Crippen molar-refractivity contribution in [1.82, 2.24) is 20.6 Å². The van der Waals surface area contributed by atoms with E-state index in [0.717, 1.165) is 5.69 Å². The predicted octanol–water partition coefficient (Wildman–Crippen LogP) is 4.38. The minimum Gasteiger partial charge on any atom is -0.267 e. The Morgan fingerprint density at radius 1 is 0.964 bits per heavy atom. The number of hydrogen-bond acceptors (Lipinski definition) is 3. The quantitative estimate of drug-likeness (QED) is 0.619. The van der Waals surface area contributed by atoms with Crippen LogP contribution in [0.25, 0.3) is 5.69 Å². The summed E-state index contributed by atoms with van der Waals surface area (Å²) in [6.45, 7) is 3.91. The van der Waals surface area contributed by atoms with Gasteiger partial charge >= 0.3 is 0 Å². The van der Waals surface area contributed by atoms with Gasteiger partial charge in [0.15, 0.2) is 0 Å². The van der Waals surface area contributed by atoms with Gasteiger partial charge in [-0.05, 0) is 36.2 Å². The SMILES string of the molecule is CC(C)c1c(C(=O)NNC(=O)c2ccccc2Cl)cnn1-c1cccc(Cl)c1. The molecule has 0 saturated heterocycles. The number of amides is 2. The second kappa shape index (κ2) is 8.46. The molecule has 28 heavy (non-hydrogen) atoms. The van der Waals surface area contributed by atoms with Crippen LogP contribution in [0.1, 0.15) is 46.2 Å². The summed E-state index contributed by atoms with van der Waals surface area (Å²) in [4.78, 5) is 24.9. The Bertz CT molecular complexity index is 1030. The highest BCUT2D eigenvalue weighted by Crippen LogP contribution is 2.24. The minimum atomic E-state index is -0.507. The molecule has 0 unspecified atom stereocenters. The lowest BCUT2D eigenvalue weighted by Crippen LogP contribution is -2.42. The number of halogens is 2. The molecule has 1 aromatic heterocycles. The molecule has 2 N–H and O–H groups in total. The van der Waals surface area contributed by atoms with Crippen molar-refractivity contribution in [3.63, 3.8) is 0 Å². The summed E-state index contributed by atoms with van der Waals surface area (Å²) in [6.07, 6.45) is 1.47. The molecular formula is C20H18Cl2N4O2. The largest absolute Gasteiger partial charge is 0.273 e. The molecular weight excluding hydrogens is 399 g/mol. The van der Waals surface area contributed by atoms with E-state index >= 15 is 0 Å². The highest BCUT2D eigenvalue weighted by Gasteiger charge is 2.21. The number of benzene rings is 2. The lowest BCUT2D eigenvalue weighted by molar-refractivity contribution is 0.0846. The number of nitrogens with one attached hydrogen (secondary N) is 2. The Hall–Kier alpha value is -2.83. The summed E-state index contributed by atoms with van der Waals surface area (Å²) >= 11 is 12.1. The van der Waals surface area contributed by atoms with Crippen LogP contribution in [0.2, 0.25) is 10.0 Å². The maximum atomic E-state index is 12.7. The van der Waals surface area contributed by atoms with E-state index in [1.165, 1.54) is 6.20 Å². The maximum Gasteiger partial charge on any atom is 0.273 e. The van der Waals surface area contributed by atoms with Gasteiger partial charge in [0.25, 0.3) is 11.8 Å². The van der Waals surface area contributed by atoms with Crippen molar-refractivity contribution < 1.29 is 9.59 Å². The van der Waals surface area contributed by atoms with Crippen molar-refractivity contribution in [2.24, 2.45) is 0 Å². The molecule has 6 nitrogen and oxygen atoms in total. The number of rotatable bonds is 4. The molecule has 0 aliphatic rings. The molecule has 3 aromatic rings. The van der Waals surface area contributed by atoms with Gasteiger partial charge in [-0.3, -0.25) is 20.4 Å². The zero-order valence-corrected chi connectivity index (χ0v) is 16.8. The van der Waals surface area contributed by atoms with Crippen LogP contribution in [0.3, 0.4) is 0 Å². The smallest absolute Gasteiger partial charge is 0.267 e. The molecule has 0 aliphatic carbocycles. The Morgan fingerprint density at radius 3 is 2.29 bits per heavy atom. The standard InChI is InChI=1S/C20H18Cl2N4O2/c1-12(2)18-16(11-23-26(18)14-7-5-6-13(21)10-14)20(28)25-24-19(27)15-8-3-4-9-17(15)22/h3-12H,1-2H3,(H,24,27)(H,25,28). The van der Waals surface area contributed by atoms with Gasteiger partial charge in [0, 0.05) is 5.02 Å². The van der Waals surface area contributed by atoms with Crippen LogP contribution in [0.4, 0.5) is 0 Å². The van der Waals surface area contributed by atoms with Crippen LogP contribution in [0.5, 0.6) is 0 Å². The molecule has 0 bridgehead atoms. The molecule has 0 aliphatic heterocycles. The van der Waals surface area contributed by atoms with Crippen LogP contribution in [0, 0.1) is 0 Å². The summed E-state index contributed by atoms with van der Waals surface area (Å²) in [5, 5.41) is 5.20. The van der Waals surface area contributed by atoms with Crippen LogP contribution in [0.15, 0.2) is 54.7 Å². The van der Waals surface area contributed by atoms with Crippen LogP contribution in [-0.4, -0.2) is 21.6 Å². The highest BCUT2D eigenvalue weighted by molar-refractivity contribution is 6.33. The van der Waals surface area contributed by atoms with E-state index in [0.29, 0.717) is 21.3 Å². The second-order valence-electron chi connectivity index (χ2n) is 6.38. The van der Waals surface area contributed by atoms with Crippen molar-refractivity contribution >= 4 is 35.0 Å². The van der Waals surface area contributed by atoms with E-state index in [2.05, 4.69) is 16.0 Å². The normalized spacial score (nSPS) is 10.8. The monoisotopic (exact) mass is 416 g/mol. The van der Waals surface area contributed by atoms with E-state index in [4.69, 9.17) is 23.2 Å². The number of aromatic nitrogens is 2. The van der Waals surface area contributed by atoms with Gasteiger partial charge in [0.1, 0.15) is 0 Å². The number of carbonyl (C=O) groups excluding carboxylic acids is 2. The summed E-state index contributed by atoms with van der Waals surface area (Å²) in [6, 6.07) is 13.8. The van der Waals surface area contributed by atoms with E-state index in [9.17, 15) is 9.59 Å². The fourth-order valence-electron chi connectivity index (χ4n) is 2.80. The highest BCUT2D eigenvalue weighted by atomic mass is 35.5. The average molecular weight is 417 g/mol. The Kier molecular flexibility index (Phi) is 6.02. The van der Waals surface area contributed by atoms with Gasteiger partial charge < -0.3 is 0 Å². The van der Waals surface area contributed by atoms with Gasteiger partial charge in [-0.15, -0.1) is 0 Å². The van der Waals surface area contributed by atoms with E-state index in [1.54, 1.807) is 41.1 Å². The molecule has 0 radical (unpaired) electrons. The number of carbonyl (C=O) groups is 2. The van der Waals surface area contributed by atoms with E-state index in [-0.39, 0.29) is 11.5 Å². The third kappa shape index (κ3) is 4.18. The van der Waals surface area contributed by atoms with Gasteiger partial charge in [0.05, 0.1) is 33.7 Å². The Morgan fingerprint density at radius 2 is 1.64 bits per heavy atom. The molecule has 1 heterocycles. The number of hydrazine groups is 1. The molecule has 0 spiro atoms.